The first kappa shape index (κ1) is 16.4. The average molecular weight is 271 g/mol. The van der Waals surface area contributed by atoms with Gasteiger partial charge < -0.3 is 20.7 Å². The molecule has 0 saturated heterocycles. The molecule has 3 N–H and O–H groups in total. The number of nitrogens with zero attached hydrogens (tertiary/aromatic N) is 1. The molecule has 1 amide bonds. The van der Waals surface area contributed by atoms with Crippen molar-refractivity contribution in [3.63, 3.8) is 0 Å². The first-order valence-corrected chi connectivity index (χ1v) is 7.11. The summed E-state index contributed by atoms with van der Waals surface area (Å²) in [7, 11) is 3.81. The molecular weight excluding hydrogens is 242 g/mol. The Bertz CT molecular complexity index is 309. The molecule has 0 aromatic heterocycles. The SMILES string of the molecule is COC(C)CN(C)C1CCC(NC(C)C)(C(N)=O)C1. The fourth-order valence-electron chi connectivity index (χ4n) is 3.00. The number of hydrogen-bond donors (Lipinski definition) is 2. The van der Waals surface area contributed by atoms with Crippen LogP contribution in [0.5, 0.6) is 0 Å². The molecule has 5 heteroatoms. The maximum atomic E-state index is 11.8. The van der Waals surface area contributed by atoms with Gasteiger partial charge in [-0.1, -0.05) is 0 Å². The van der Waals surface area contributed by atoms with Gasteiger partial charge in [0.1, 0.15) is 0 Å². The molecule has 0 aromatic rings. The zero-order valence-electron chi connectivity index (χ0n) is 12.9. The predicted octanol–water partition coefficient (Wildman–Crippen LogP) is 0.728. The van der Waals surface area contributed by atoms with Gasteiger partial charge in [0.15, 0.2) is 0 Å². The number of nitrogens with one attached hydrogen (secondary N) is 1. The Balaban J connectivity index is 2.65. The molecule has 0 spiro atoms. The maximum Gasteiger partial charge on any atom is 0.237 e. The number of nitrogens with two attached hydrogens (primary N) is 1. The fraction of sp³-hybridized carbons (Fsp3) is 0.929. The van der Waals surface area contributed by atoms with Gasteiger partial charge in [-0.2, -0.15) is 0 Å². The number of amides is 1. The highest BCUT2D eigenvalue weighted by Gasteiger charge is 2.45. The summed E-state index contributed by atoms with van der Waals surface area (Å²) < 4.78 is 5.30. The number of carbonyl (C=O) groups is 1. The van der Waals surface area contributed by atoms with Gasteiger partial charge in [-0.3, -0.25) is 4.79 Å². The van der Waals surface area contributed by atoms with Gasteiger partial charge in [-0.05, 0) is 47.1 Å². The molecule has 1 saturated carbocycles. The topological polar surface area (TPSA) is 67.6 Å². The van der Waals surface area contributed by atoms with Crippen molar-refractivity contribution in [2.45, 2.75) is 63.8 Å². The highest BCUT2D eigenvalue weighted by molar-refractivity contribution is 5.85. The maximum absolute atomic E-state index is 11.8. The van der Waals surface area contributed by atoms with Crippen LogP contribution in [0, 0.1) is 0 Å². The number of hydrogen-bond acceptors (Lipinski definition) is 4. The van der Waals surface area contributed by atoms with E-state index in [1.807, 2.05) is 0 Å². The minimum atomic E-state index is -0.538. The molecule has 0 aromatic carbocycles. The van der Waals surface area contributed by atoms with E-state index in [9.17, 15) is 4.79 Å². The van der Waals surface area contributed by atoms with Crippen LogP contribution in [0.2, 0.25) is 0 Å². The van der Waals surface area contributed by atoms with Crippen molar-refractivity contribution in [3.8, 4) is 0 Å². The average Bonchev–Trinajstić information content (AvgIpc) is 2.73. The van der Waals surface area contributed by atoms with E-state index in [4.69, 9.17) is 10.5 Å². The molecule has 19 heavy (non-hydrogen) atoms. The molecule has 1 aliphatic rings. The van der Waals surface area contributed by atoms with Crippen LogP contribution in [0.15, 0.2) is 0 Å². The van der Waals surface area contributed by atoms with E-state index in [1.54, 1.807) is 7.11 Å². The van der Waals surface area contributed by atoms with E-state index in [2.05, 4.69) is 38.0 Å². The summed E-state index contributed by atoms with van der Waals surface area (Å²) >= 11 is 0. The molecule has 3 atom stereocenters. The van der Waals surface area contributed by atoms with Crippen molar-refractivity contribution in [3.05, 3.63) is 0 Å². The Morgan fingerprint density at radius 2 is 2.16 bits per heavy atom. The predicted molar refractivity (Wildman–Crippen MR) is 76.9 cm³/mol. The van der Waals surface area contributed by atoms with Gasteiger partial charge in [0.25, 0.3) is 0 Å². The van der Waals surface area contributed by atoms with Crippen molar-refractivity contribution >= 4 is 5.91 Å². The summed E-state index contributed by atoms with van der Waals surface area (Å²) in [4.78, 5) is 14.1. The molecule has 0 bridgehead atoms. The van der Waals surface area contributed by atoms with Crippen molar-refractivity contribution in [2.75, 3.05) is 20.7 Å². The second-order valence-corrected chi connectivity index (χ2v) is 6.13. The van der Waals surface area contributed by atoms with Crippen molar-refractivity contribution < 1.29 is 9.53 Å². The summed E-state index contributed by atoms with van der Waals surface area (Å²) in [6.45, 7) is 7.03. The minimum Gasteiger partial charge on any atom is -0.380 e. The van der Waals surface area contributed by atoms with Crippen LogP contribution in [0.25, 0.3) is 0 Å². The second-order valence-electron chi connectivity index (χ2n) is 6.13. The molecule has 0 radical (unpaired) electrons. The molecule has 1 aliphatic carbocycles. The summed E-state index contributed by atoms with van der Waals surface area (Å²) in [5, 5.41) is 3.37. The number of carbonyl (C=O) groups excluding carboxylic acids is 1. The normalized spacial score (nSPS) is 29.1. The molecule has 0 heterocycles. The third-order valence-corrected chi connectivity index (χ3v) is 4.10. The summed E-state index contributed by atoms with van der Waals surface area (Å²) in [6.07, 6.45) is 2.80. The lowest BCUT2D eigenvalue weighted by Crippen LogP contribution is -2.56. The highest BCUT2D eigenvalue weighted by Crippen LogP contribution is 2.33. The first-order chi connectivity index (χ1) is 8.80. The lowest BCUT2D eigenvalue weighted by molar-refractivity contribution is -0.124. The number of methoxy groups -OCH3 is 1. The third kappa shape index (κ3) is 4.16. The number of primary amides is 1. The fourth-order valence-corrected chi connectivity index (χ4v) is 3.00. The van der Waals surface area contributed by atoms with Crippen LogP contribution < -0.4 is 11.1 Å². The van der Waals surface area contributed by atoms with Crippen LogP contribution in [0.4, 0.5) is 0 Å². The number of ether oxygens (including phenoxy) is 1. The molecule has 5 nitrogen and oxygen atoms in total. The smallest absolute Gasteiger partial charge is 0.237 e. The Morgan fingerprint density at radius 1 is 1.53 bits per heavy atom. The number of rotatable bonds is 7. The molecule has 3 unspecified atom stereocenters. The Kier molecular flexibility index (Phi) is 5.77. The van der Waals surface area contributed by atoms with Crippen LogP contribution in [0.1, 0.15) is 40.0 Å². The van der Waals surface area contributed by atoms with E-state index < -0.39 is 5.54 Å². The lowest BCUT2D eigenvalue weighted by Gasteiger charge is -2.32. The zero-order chi connectivity index (χ0) is 14.6. The van der Waals surface area contributed by atoms with Gasteiger partial charge in [0.2, 0.25) is 5.91 Å². The summed E-state index contributed by atoms with van der Waals surface area (Å²) in [5.41, 5.74) is 5.09. The van der Waals surface area contributed by atoms with Gasteiger partial charge >= 0.3 is 0 Å². The van der Waals surface area contributed by atoms with Crippen molar-refractivity contribution in [1.82, 2.24) is 10.2 Å². The van der Waals surface area contributed by atoms with Gasteiger partial charge in [-0.25, -0.2) is 0 Å². The highest BCUT2D eigenvalue weighted by atomic mass is 16.5. The second kappa shape index (κ2) is 6.68. The van der Waals surface area contributed by atoms with E-state index in [-0.39, 0.29) is 18.1 Å². The lowest BCUT2D eigenvalue weighted by atomic mass is 9.95. The van der Waals surface area contributed by atoms with Gasteiger partial charge in [0.05, 0.1) is 11.6 Å². The van der Waals surface area contributed by atoms with Gasteiger partial charge in [-0.15, -0.1) is 0 Å². The monoisotopic (exact) mass is 271 g/mol. The van der Waals surface area contributed by atoms with Crippen LogP contribution >= 0.6 is 0 Å². The molecule has 112 valence electrons. The first-order valence-electron chi connectivity index (χ1n) is 7.11. The summed E-state index contributed by atoms with van der Waals surface area (Å²) in [5.74, 6) is -0.225. The Hall–Kier alpha value is -0.650. The number of likely N-dealkylation sites (N-methyl/N-ethyl adjacent to an activating group) is 1. The third-order valence-electron chi connectivity index (χ3n) is 4.10. The molecule has 1 fully saturated rings. The van der Waals surface area contributed by atoms with Crippen molar-refractivity contribution in [1.29, 1.82) is 0 Å². The Labute approximate surface area is 116 Å². The molecule has 0 aliphatic heterocycles. The van der Waals surface area contributed by atoms with Crippen LogP contribution in [-0.4, -0.2) is 55.2 Å². The quantitative estimate of drug-likeness (QED) is 0.716. The Morgan fingerprint density at radius 3 is 2.63 bits per heavy atom. The zero-order valence-corrected chi connectivity index (χ0v) is 12.9. The largest absolute Gasteiger partial charge is 0.380 e. The van der Waals surface area contributed by atoms with Gasteiger partial charge in [0, 0.05) is 25.7 Å². The van der Waals surface area contributed by atoms with E-state index in [1.165, 1.54) is 0 Å². The van der Waals surface area contributed by atoms with Crippen LogP contribution in [0.3, 0.4) is 0 Å². The van der Waals surface area contributed by atoms with E-state index in [0.717, 1.165) is 25.8 Å². The summed E-state index contributed by atoms with van der Waals surface area (Å²) in [6, 6.07) is 0.644. The standard InChI is InChI=1S/C14H29N3O2/c1-10(2)16-14(13(15)18)7-6-12(8-14)17(4)9-11(3)19-5/h10-12,16H,6-9H2,1-5H3,(H2,15,18). The van der Waals surface area contributed by atoms with Crippen molar-refractivity contribution in [2.24, 2.45) is 5.73 Å². The van der Waals surface area contributed by atoms with E-state index in [0.29, 0.717) is 6.04 Å². The molecule has 1 rings (SSSR count). The van der Waals surface area contributed by atoms with Crippen LogP contribution in [-0.2, 0) is 9.53 Å². The minimum absolute atomic E-state index is 0.201. The van der Waals surface area contributed by atoms with E-state index >= 15 is 0 Å². The molecular formula is C14H29N3O2.